The first-order valence-corrected chi connectivity index (χ1v) is 15.4. The van der Waals surface area contributed by atoms with Crippen LogP contribution >= 0.6 is 15.8 Å². The first kappa shape index (κ1) is 28.1. The molecule has 0 aliphatic heterocycles. The van der Waals surface area contributed by atoms with Crippen molar-refractivity contribution in [2.45, 2.75) is 142 Å². The van der Waals surface area contributed by atoms with Gasteiger partial charge in [-0.3, -0.25) is 0 Å². The largest absolute Gasteiger partial charge is 0.0906 e. The Morgan fingerprint density at radius 2 is 0.733 bits per heavy atom. The zero-order chi connectivity index (χ0) is 23.4. The van der Waals surface area contributed by atoms with Gasteiger partial charge in [-0.2, -0.15) is 0 Å². The normalized spacial score (nSPS) is 14.1. The summed E-state index contributed by atoms with van der Waals surface area (Å²) in [7, 11) is -0.242. The third-order valence-corrected chi connectivity index (χ3v) is 16.6. The van der Waals surface area contributed by atoms with Gasteiger partial charge in [-0.25, -0.2) is 0 Å². The summed E-state index contributed by atoms with van der Waals surface area (Å²) in [5, 5.41) is 1.66. The zero-order valence-electron chi connectivity index (χ0n) is 22.4. The van der Waals surface area contributed by atoms with Gasteiger partial charge in [0.15, 0.2) is 0 Å². The molecule has 0 radical (unpaired) electrons. The van der Waals surface area contributed by atoms with Gasteiger partial charge in [0.1, 0.15) is 0 Å². The second-order valence-electron chi connectivity index (χ2n) is 11.6. The topological polar surface area (TPSA) is 0 Å². The molecule has 0 bridgehead atoms. The molecule has 174 valence electrons. The summed E-state index contributed by atoms with van der Waals surface area (Å²) < 4.78 is 0. The lowest BCUT2D eigenvalue weighted by Crippen LogP contribution is -2.31. The number of hydrogen-bond acceptors (Lipinski definition) is 0. The molecule has 0 N–H and O–H groups in total. The van der Waals surface area contributed by atoms with Crippen molar-refractivity contribution >= 4 is 15.8 Å². The molecular formula is C28H52P2. The molecule has 0 nitrogen and oxygen atoms in total. The molecule has 0 heterocycles. The average molecular weight is 451 g/mol. The SMILES string of the molecule is CCC(C)(C)P(Cc1ccccc1CP(C(C)(C)CC)C(C)(C)CC)C(C)(C)CC. The Morgan fingerprint density at radius 1 is 0.500 bits per heavy atom. The highest BCUT2D eigenvalue weighted by atomic mass is 31.1. The van der Waals surface area contributed by atoms with E-state index < -0.39 is 0 Å². The van der Waals surface area contributed by atoms with Crippen molar-refractivity contribution in [2.24, 2.45) is 0 Å². The Morgan fingerprint density at radius 3 is 0.933 bits per heavy atom. The molecule has 0 atom stereocenters. The monoisotopic (exact) mass is 450 g/mol. The maximum absolute atomic E-state index is 2.52. The van der Waals surface area contributed by atoms with Crippen LogP contribution in [-0.2, 0) is 12.3 Å². The van der Waals surface area contributed by atoms with Crippen molar-refractivity contribution in [1.29, 1.82) is 0 Å². The van der Waals surface area contributed by atoms with E-state index in [2.05, 4.69) is 107 Å². The van der Waals surface area contributed by atoms with Crippen LogP contribution in [0.25, 0.3) is 0 Å². The Labute approximate surface area is 192 Å². The highest BCUT2D eigenvalue weighted by molar-refractivity contribution is 7.60. The quantitative estimate of drug-likeness (QED) is 0.278. The highest BCUT2D eigenvalue weighted by Gasteiger charge is 2.40. The lowest BCUT2D eigenvalue weighted by molar-refractivity contribution is 0.599. The van der Waals surface area contributed by atoms with Crippen LogP contribution < -0.4 is 0 Å². The summed E-state index contributed by atoms with van der Waals surface area (Å²) >= 11 is 0. The van der Waals surface area contributed by atoms with Gasteiger partial charge in [0.25, 0.3) is 0 Å². The van der Waals surface area contributed by atoms with Gasteiger partial charge in [-0.05, 0) is 69.8 Å². The maximum atomic E-state index is 2.52. The number of hydrogen-bond donors (Lipinski definition) is 0. The molecule has 0 spiro atoms. The van der Waals surface area contributed by atoms with E-state index in [4.69, 9.17) is 0 Å². The third-order valence-electron chi connectivity index (χ3n) is 8.16. The number of rotatable bonds is 12. The second-order valence-corrected chi connectivity index (χ2v) is 18.8. The number of benzene rings is 1. The molecule has 1 aromatic rings. The van der Waals surface area contributed by atoms with Gasteiger partial charge in [-0.1, -0.05) is 123 Å². The maximum Gasteiger partial charge on any atom is -0.00606 e. The van der Waals surface area contributed by atoms with Gasteiger partial charge in [0.05, 0.1) is 0 Å². The van der Waals surface area contributed by atoms with Gasteiger partial charge in [0.2, 0.25) is 0 Å². The summed E-state index contributed by atoms with van der Waals surface area (Å²) in [6.07, 6.45) is 7.61. The predicted molar refractivity (Wildman–Crippen MR) is 145 cm³/mol. The fourth-order valence-electron chi connectivity index (χ4n) is 4.46. The molecule has 0 fully saturated rings. The fourth-order valence-corrected chi connectivity index (χ4v) is 12.3. The molecule has 2 heteroatoms. The van der Waals surface area contributed by atoms with Crippen LogP contribution in [0.4, 0.5) is 0 Å². The first-order valence-electron chi connectivity index (χ1n) is 12.3. The van der Waals surface area contributed by atoms with Crippen LogP contribution in [-0.4, -0.2) is 20.6 Å². The summed E-state index contributed by atoms with van der Waals surface area (Å²) in [6, 6.07) is 9.46. The Hall–Kier alpha value is 0.0800. The van der Waals surface area contributed by atoms with Crippen molar-refractivity contribution in [3.63, 3.8) is 0 Å². The van der Waals surface area contributed by atoms with Gasteiger partial charge in [-0.15, -0.1) is 0 Å². The summed E-state index contributed by atoms with van der Waals surface area (Å²) in [5.41, 5.74) is 3.27. The Kier molecular flexibility index (Phi) is 10.1. The molecule has 1 aromatic carbocycles. The smallest absolute Gasteiger partial charge is 0.00606 e. The van der Waals surface area contributed by atoms with Crippen molar-refractivity contribution < 1.29 is 0 Å². The Bertz CT molecular complexity index is 565. The molecule has 0 unspecified atom stereocenters. The van der Waals surface area contributed by atoms with Crippen LogP contribution in [0.2, 0.25) is 0 Å². The third kappa shape index (κ3) is 6.79. The highest BCUT2D eigenvalue weighted by Crippen LogP contribution is 2.66. The average Bonchev–Trinajstić information content (AvgIpc) is 2.70. The molecule has 1 rings (SSSR count). The molecule has 0 saturated heterocycles. The minimum absolute atomic E-state index is 0.121. The van der Waals surface area contributed by atoms with Crippen molar-refractivity contribution in [2.75, 3.05) is 0 Å². The van der Waals surface area contributed by atoms with E-state index in [-0.39, 0.29) is 15.8 Å². The van der Waals surface area contributed by atoms with E-state index in [1.54, 1.807) is 11.1 Å². The van der Waals surface area contributed by atoms with Gasteiger partial charge in [0, 0.05) is 0 Å². The lowest BCUT2D eigenvalue weighted by Gasteiger charge is -2.47. The van der Waals surface area contributed by atoms with Crippen molar-refractivity contribution in [3.8, 4) is 0 Å². The zero-order valence-corrected chi connectivity index (χ0v) is 24.2. The lowest BCUT2D eigenvalue weighted by atomic mass is 10.1. The predicted octanol–water partition coefficient (Wildman–Crippen LogP) is 10.4. The van der Waals surface area contributed by atoms with Crippen LogP contribution in [0.3, 0.4) is 0 Å². The second kappa shape index (κ2) is 10.8. The molecule has 0 aromatic heterocycles. The summed E-state index contributed by atoms with van der Waals surface area (Å²) in [5.74, 6) is 0. The van der Waals surface area contributed by atoms with Crippen LogP contribution in [0.15, 0.2) is 24.3 Å². The Balaban J connectivity index is 3.40. The van der Waals surface area contributed by atoms with Crippen molar-refractivity contribution in [1.82, 2.24) is 0 Å². The molecule has 0 amide bonds. The standard InChI is InChI=1S/C28H52P2/c1-13-25(5,6)29(26(7,8)14-2)21-23-19-17-18-20-24(23)22-30(27(9,10)15-3)28(11,12)16-4/h17-20H,13-16,21-22H2,1-12H3. The molecular weight excluding hydrogens is 398 g/mol. The minimum Gasteiger partial charge on any atom is -0.0906 e. The summed E-state index contributed by atoms with van der Waals surface area (Å²) in [4.78, 5) is 0. The molecule has 30 heavy (non-hydrogen) atoms. The van der Waals surface area contributed by atoms with Crippen LogP contribution in [0.5, 0.6) is 0 Å². The van der Waals surface area contributed by atoms with E-state index in [1.807, 2.05) is 0 Å². The molecule has 0 saturated carbocycles. The summed E-state index contributed by atoms with van der Waals surface area (Å²) in [6.45, 7) is 29.7. The van der Waals surface area contributed by atoms with Crippen LogP contribution in [0, 0.1) is 0 Å². The molecule has 0 aliphatic carbocycles. The van der Waals surface area contributed by atoms with E-state index >= 15 is 0 Å². The van der Waals surface area contributed by atoms with E-state index in [9.17, 15) is 0 Å². The van der Waals surface area contributed by atoms with Gasteiger partial charge >= 0.3 is 0 Å². The van der Waals surface area contributed by atoms with E-state index in [0.29, 0.717) is 20.6 Å². The van der Waals surface area contributed by atoms with E-state index in [1.165, 1.54) is 38.0 Å². The first-order chi connectivity index (χ1) is 13.7. The van der Waals surface area contributed by atoms with E-state index in [0.717, 1.165) is 0 Å². The fraction of sp³-hybridized carbons (Fsp3) is 0.786. The molecule has 0 aliphatic rings. The van der Waals surface area contributed by atoms with Gasteiger partial charge < -0.3 is 0 Å². The minimum atomic E-state index is -0.121. The van der Waals surface area contributed by atoms with Crippen molar-refractivity contribution in [3.05, 3.63) is 35.4 Å². The van der Waals surface area contributed by atoms with Crippen LogP contribution in [0.1, 0.15) is 120 Å².